The largest absolute Gasteiger partial charge is 0.465 e. The zero-order valence-corrected chi connectivity index (χ0v) is 16.9. The van der Waals surface area contributed by atoms with Crippen LogP contribution in [-0.2, 0) is 16.1 Å². The van der Waals surface area contributed by atoms with Gasteiger partial charge in [0.2, 0.25) is 5.91 Å². The monoisotopic (exact) mass is 391 g/mol. The summed E-state index contributed by atoms with van der Waals surface area (Å²) in [5.41, 5.74) is 0.577. The first-order valence-corrected chi connectivity index (χ1v) is 9.88. The predicted molar refractivity (Wildman–Crippen MR) is 106 cm³/mol. The number of thioether (sulfide) groups is 1. The van der Waals surface area contributed by atoms with Crippen molar-refractivity contribution in [3.63, 3.8) is 0 Å². The smallest absolute Gasteiger partial charge is 0.337 e. The van der Waals surface area contributed by atoms with Gasteiger partial charge in [0, 0.05) is 13.1 Å². The summed E-state index contributed by atoms with van der Waals surface area (Å²) in [7, 11) is 1.30. The molecule has 1 aromatic heterocycles. The van der Waals surface area contributed by atoms with Gasteiger partial charge in [-0.15, -0.1) is 0 Å². The lowest BCUT2D eigenvalue weighted by molar-refractivity contribution is -0.120. The summed E-state index contributed by atoms with van der Waals surface area (Å²) >= 11 is 1.24. The molecular formula is C19H25N3O4S. The number of amides is 1. The first-order valence-electron chi connectivity index (χ1n) is 9.00. The molecule has 27 heavy (non-hydrogen) atoms. The molecule has 0 aliphatic rings. The normalized spacial score (nSPS) is 12.0. The Balaban J connectivity index is 2.54. The van der Waals surface area contributed by atoms with Crippen molar-refractivity contribution in [2.24, 2.45) is 0 Å². The number of unbranched alkanes of at least 4 members (excludes halogenated alkanes) is 1. The van der Waals surface area contributed by atoms with Crippen LogP contribution in [-0.4, -0.2) is 40.3 Å². The van der Waals surface area contributed by atoms with Crippen LogP contribution >= 0.6 is 11.8 Å². The summed E-state index contributed by atoms with van der Waals surface area (Å²) in [4.78, 5) is 41.4. The zero-order chi connectivity index (χ0) is 20.0. The van der Waals surface area contributed by atoms with E-state index in [1.165, 1.54) is 18.9 Å². The number of rotatable bonds is 8. The SMILES string of the molecule is CCCCn1c(S[C@@H](C)C(=O)NCC)nc2cc(C(=O)OC)ccc2c1=O. The summed E-state index contributed by atoms with van der Waals surface area (Å²) in [6, 6.07) is 4.71. The van der Waals surface area contributed by atoms with Gasteiger partial charge in [0.1, 0.15) is 0 Å². The molecule has 1 amide bonds. The average Bonchev–Trinajstić information content (AvgIpc) is 2.66. The van der Waals surface area contributed by atoms with Crippen LogP contribution < -0.4 is 10.9 Å². The Kier molecular flexibility index (Phi) is 7.41. The zero-order valence-electron chi connectivity index (χ0n) is 16.1. The molecule has 2 aromatic rings. The molecule has 8 heteroatoms. The summed E-state index contributed by atoms with van der Waals surface area (Å²) in [6.45, 7) is 6.75. The highest BCUT2D eigenvalue weighted by atomic mass is 32.2. The standard InChI is InChI=1S/C19H25N3O4S/c1-5-7-10-22-17(24)14-9-8-13(18(25)26-4)11-15(14)21-19(22)27-12(3)16(23)20-6-2/h8-9,11-12H,5-7,10H2,1-4H3,(H,20,23)/t12-/m0/s1. The Hall–Kier alpha value is -2.35. The van der Waals surface area contributed by atoms with E-state index in [4.69, 9.17) is 4.74 Å². The topological polar surface area (TPSA) is 90.3 Å². The number of methoxy groups -OCH3 is 1. The number of nitrogens with one attached hydrogen (secondary N) is 1. The highest BCUT2D eigenvalue weighted by Crippen LogP contribution is 2.23. The number of carbonyl (C=O) groups is 2. The molecule has 0 aliphatic carbocycles. The van der Waals surface area contributed by atoms with Crippen LogP contribution in [0.3, 0.4) is 0 Å². The lowest BCUT2D eigenvalue weighted by Gasteiger charge is -2.16. The Bertz CT molecular complexity index is 894. The van der Waals surface area contributed by atoms with Crippen LogP contribution in [0.4, 0.5) is 0 Å². The molecule has 1 N–H and O–H groups in total. The van der Waals surface area contributed by atoms with Crippen molar-refractivity contribution in [1.82, 2.24) is 14.9 Å². The second kappa shape index (κ2) is 9.55. The third-order valence-corrected chi connectivity index (χ3v) is 5.17. The second-order valence-electron chi connectivity index (χ2n) is 6.08. The Morgan fingerprint density at radius 1 is 1.33 bits per heavy atom. The molecule has 1 heterocycles. The van der Waals surface area contributed by atoms with Crippen molar-refractivity contribution in [1.29, 1.82) is 0 Å². The first-order chi connectivity index (χ1) is 12.9. The number of hydrogen-bond donors (Lipinski definition) is 1. The molecule has 0 radical (unpaired) electrons. The molecule has 0 bridgehead atoms. The number of benzene rings is 1. The summed E-state index contributed by atoms with van der Waals surface area (Å²) in [5, 5.41) is 3.29. The van der Waals surface area contributed by atoms with Crippen LogP contribution in [0.1, 0.15) is 44.0 Å². The van der Waals surface area contributed by atoms with E-state index in [2.05, 4.69) is 10.3 Å². The van der Waals surface area contributed by atoms with E-state index in [0.717, 1.165) is 12.8 Å². The van der Waals surface area contributed by atoms with Crippen molar-refractivity contribution < 1.29 is 14.3 Å². The molecule has 146 valence electrons. The summed E-state index contributed by atoms with van der Waals surface area (Å²) < 4.78 is 6.35. The second-order valence-corrected chi connectivity index (χ2v) is 7.39. The van der Waals surface area contributed by atoms with Gasteiger partial charge in [-0.1, -0.05) is 25.1 Å². The lowest BCUT2D eigenvalue weighted by atomic mass is 10.1. The van der Waals surface area contributed by atoms with Crippen molar-refractivity contribution >= 4 is 34.5 Å². The quantitative estimate of drug-likeness (QED) is 0.423. The summed E-state index contributed by atoms with van der Waals surface area (Å²) in [6.07, 6.45) is 1.76. The van der Waals surface area contributed by atoms with Crippen LogP contribution in [0, 0.1) is 0 Å². The van der Waals surface area contributed by atoms with Gasteiger partial charge in [-0.3, -0.25) is 14.2 Å². The minimum atomic E-state index is -0.487. The number of esters is 1. The van der Waals surface area contributed by atoms with Crippen molar-refractivity contribution in [2.45, 2.75) is 50.6 Å². The van der Waals surface area contributed by atoms with Crippen LogP contribution in [0.2, 0.25) is 0 Å². The van der Waals surface area contributed by atoms with Crippen LogP contribution in [0.25, 0.3) is 10.9 Å². The molecule has 0 saturated heterocycles. The predicted octanol–water partition coefficient (Wildman–Crippen LogP) is 2.60. The third-order valence-electron chi connectivity index (χ3n) is 4.08. The molecule has 0 unspecified atom stereocenters. The number of aromatic nitrogens is 2. The number of carbonyl (C=O) groups excluding carboxylic acids is 2. The van der Waals surface area contributed by atoms with E-state index in [1.54, 1.807) is 29.7 Å². The first kappa shape index (κ1) is 21.0. The van der Waals surface area contributed by atoms with E-state index >= 15 is 0 Å². The molecule has 1 atom stereocenters. The van der Waals surface area contributed by atoms with Gasteiger partial charge in [0.05, 0.1) is 28.8 Å². The van der Waals surface area contributed by atoms with Crippen molar-refractivity contribution in [3.05, 3.63) is 34.1 Å². The van der Waals surface area contributed by atoms with E-state index in [0.29, 0.717) is 34.7 Å². The molecule has 0 fully saturated rings. The number of fused-ring (bicyclic) bond motifs is 1. The number of ether oxygens (including phenoxy) is 1. The minimum absolute atomic E-state index is 0.109. The molecular weight excluding hydrogens is 366 g/mol. The van der Waals surface area contributed by atoms with Gasteiger partial charge in [-0.2, -0.15) is 0 Å². The molecule has 2 rings (SSSR count). The minimum Gasteiger partial charge on any atom is -0.465 e. The molecule has 1 aromatic carbocycles. The number of hydrogen-bond acceptors (Lipinski definition) is 6. The number of nitrogens with zero attached hydrogens (tertiary/aromatic N) is 2. The third kappa shape index (κ3) is 4.88. The molecule has 0 saturated carbocycles. The van der Waals surface area contributed by atoms with E-state index in [1.807, 2.05) is 13.8 Å². The van der Waals surface area contributed by atoms with Gasteiger partial charge < -0.3 is 10.1 Å². The van der Waals surface area contributed by atoms with Crippen molar-refractivity contribution in [3.8, 4) is 0 Å². The average molecular weight is 391 g/mol. The Morgan fingerprint density at radius 3 is 2.70 bits per heavy atom. The molecule has 0 spiro atoms. The Morgan fingerprint density at radius 2 is 2.07 bits per heavy atom. The van der Waals surface area contributed by atoms with Gasteiger partial charge in [-0.25, -0.2) is 9.78 Å². The summed E-state index contributed by atoms with van der Waals surface area (Å²) in [5.74, 6) is -0.596. The lowest BCUT2D eigenvalue weighted by Crippen LogP contribution is -2.32. The van der Waals surface area contributed by atoms with Gasteiger partial charge in [0.25, 0.3) is 5.56 Å². The fraction of sp³-hybridized carbons (Fsp3) is 0.474. The van der Waals surface area contributed by atoms with Gasteiger partial charge in [0.15, 0.2) is 5.16 Å². The van der Waals surface area contributed by atoms with E-state index in [-0.39, 0.29) is 11.5 Å². The maximum Gasteiger partial charge on any atom is 0.337 e. The highest BCUT2D eigenvalue weighted by molar-refractivity contribution is 8.00. The van der Waals surface area contributed by atoms with Gasteiger partial charge >= 0.3 is 5.97 Å². The molecule has 7 nitrogen and oxygen atoms in total. The van der Waals surface area contributed by atoms with E-state index < -0.39 is 11.2 Å². The molecule has 0 aliphatic heterocycles. The maximum atomic E-state index is 13.0. The van der Waals surface area contributed by atoms with Gasteiger partial charge in [-0.05, 0) is 38.5 Å². The van der Waals surface area contributed by atoms with Crippen LogP contribution in [0.5, 0.6) is 0 Å². The van der Waals surface area contributed by atoms with Crippen LogP contribution in [0.15, 0.2) is 28.2 Å². The maximum absolute atomic E-state index is 13.0. The van der Waals surface area contributed by atoms with E-state index in [9.17, 15) is 14.4 Å². The fourth-order valence-corrected chi connectivity index (χ4v) is 3.54. The Labute approximate surface area is 162 Å². The fourth-order valence-electron chi connectivity index (χ4n) is 2.58. The highest BCUT2D eigenvalue weighted by Gasteiger charge is 2.19. The van der Waals surface area contributed by atoms with Crippen molar-refractivity contribution in [2.75, 3.05) is 13.7 Å².